The van der Waals surface area contributed by atoms with E-state index in [9.17, 15) is 13.6 Å². The molecule has 0 fully saturated rings. The van der Waals surface area contributed by atoms with Gasteiger partial charge in [-0.15, -0.1) is 0 Å². The van der Waals surface area contributed by atoms with Crippen LogP contribution in [0.2, 0.25) is 0 Å². The Morgan fingerprint density at radius 2 is 2.00 bits per heavy atom. The minimum absolute atomic E-state index is 0.318. The van der Waals surface area contributed by atoms with Crippen LogP contribution in [0.3, 0.4) is 0 Å². The van der Waals surface area contributed by atoms with Crippen molar-refractivity contribution < 1.29 is 13.6 Å². The zero-order valence-electron chi connectivity index (χ0n) is 13.9. The molecule has 0 bridgehead atoms. The number of nitrogens with one attached hydrogen (secondary N) is 2. The summed E-state index contributed by atoms with van der Waals surface area (Å²) in [4.78, 5) is 14.0. The largest absolute Gasteiger partial charge is 0.365 e. The van der Waals surface area contributed by atoms with Crippen molar-refractivity contribution in [1.82, 2.24) is 0 Å². The number of anilines is 3. The Labute approximate surface area is 149 Å². The van der Waals surface area contributed by atoms with Gasteiger partial charge < -0.3 is 15.5 Å². The number of hydrogen-bond acceptors (Lipinski definition) is 3. The first-order valence-electron chi connectivity index (χ1n) is 8.39. The third kappa shape index (κ3) is 3.06. The van der Waals surface area contributed by atoms with Gasteiger partial charge in [-0.3, -0.25) is 4.79 Å². The van der Waals surface area contributed by atoms with E-state index >= 15 is 0 Å². The van der Waals surface area contributed by atoms with Gasteiger partial charge in [0.05, 0.1) is 16.9 Å². The molecule has 132 valence electrons. The van der Waals surface area contributed by atoms with Gasteiger partial charge >= 0.3 is 0 Å². The van der Waals surface area contributed by atoms with E-state index in [-0.39, 0.29) is 11.7 Å². The molecule has 0 aliphatic carbocycles. The second-order valence-electron chi connectivity index (χ2n) is 6.22. The first-order chi connectivity index (χ1) is 12.6. The zero-order chi connectivity index (χ0) is 18.1. The first kappa shape index (κ1) is 16.3. The van der Waals surface area contributed by atoms with Crippen LogP contribution in [0.15, 0.2) is 54.8 Å². The standard InChI is InChI=1S/C20H17F2N3O/c21-13-4-6-15-16(20(26)24-18(15)10-13)12-23-14-5-7-19(17(22)11-14)25-8-2-1-3-9-25/h1-2,4-7,10-12,23H,3,8-9H2,(H,24,26). The number of amides is 1. The number of fused-ring (bicyclic) bond motifs is 1. The summed E-state index contributed by atoms with van der Waals surface area (Å²) in [7, 11) is 0. The predicted octanol–water partition coefficient (Wildman–Crippen LogP) is 4.14. The van der Waals surface area contributed by atoms with E-state index in [1.165, 1.54) is 24.4 Å². The van der Waals surface area contributed by atoms with Crippen LogP contribution in [0, 0.1) is 11.6 Å². The summed E-state index contributed by atoms with van der Waals surface area (Å²) < 4.78 is 27.7. The summed E-state index contributed by atoms with van der Waals surface area (Å²) in [6, 6.07) is 9.02. The lowest BCUT2D eigenvalue weighted by Crippen LogP contribution is -2.27. The van der Waals surface area contributed by atoms with Crippen molar-refractivity contribution >= 4 is 28.5 Å². The number of carbonyl (C=O) groups excluding carboxylic acids is 1. The third-order valence-corrected chi connectivity index (χ3v) is 4.49. The van der Waals surface area contributed by atoms with Gasteiger partial charge in [0, 0.05) is 30.5 Å². The summed E-state index contributed by atoms with van der Waals surface area (Å²) in [6.45, 7) is 1.49. The highest BCUT2D eigenvalue weighted by Crippen LogP contribution is 2.32. The molecular weight excluding hydrogens is 336 g/mol. The van der Waals surface area contributed by atoms with Gasteiger partial charge in [-0.2, -0.15) is 0 Å². The second-order valence-corrected chi connectivity index (χ2v) is 6.22. The molecule has 6 heteroatoms. The van der Waals surface area contributed by atoms with Gasteiger partial charge in [0.15, 0.2) is 0 Å². The number of halogens is 2. The van der Waals surface area contributed by atoms with Crippen molar-refractivity contribution in [2.24, 2.45) is 0 Å². The summed E-state index contributed by atoms with van der Waals surface area (Å²) >= 11 is 0. The van der Waals surface area contributed by atoms with E-state index in [1.807, 2.05) is 11.0 Å². The highest BCUT2D eigenvalue weighted by Gasteiger charge is 2.24. The maximum Gasteiger partial charge on any atom is 0.257 e. The molecule has 2 aliphatic heterocycles. The summed E-state index contributed by atoms with van der Waals surface area (Å²) in [5, 5.41) is 5.57. The topological polar surface area (TPSA) is 44.4 Å². The van der Waals surface area contributed by atoms with Crippen LogP contribution >= 0.6 is 0 Å². The first-order valence-corrected chi connectivity index (χ1v) is 8.39. The van der Waals surface area contributed by atoms with E-state index in [0.29, 0.717) is 34.7 Å². The van der Waals surface area contributed by atoms with Gasteiger partial charge in [0.1, 0.15) is 11.6 Å². The third-order valence-electron chi connectivity index (χ3n) is 4.49. The number of benzene rings is 2. The minimum atomic E-state index is -0.413. The zero-order valence-corrected chi connectivity index (χ0v) is 13.9. The summed E-state index contributed by atoms with van der Waals surface area (Å²) in [6.07, 6.45) is 6.53. The van der Waals surface area contributed by atoms with Crippen molar-refractivity contribution in [1.29, 1.82) is 0 Å². The maximum absolute atomic E-state index is 14.4. The van der Waals surface area contributed by atoms with Gasteiger partial charge in [-0.05, 0) is 42.8 Å². The van der Waals surface area contributed by atoms with Crippen molar-refractivity contribution in [3.8, 4) is 0 Å². The highest BCUT2D eigenvalue weighted by atomic mass is 19.1. The number of carbonyl (C=O) groups is 1. The Morgan fingerprint density at radius 1 is 1.12 bits per heavy atom. The van der Waals surface area contributed by atoms with Crippen molar-refractivity contribution in [2.75, 3.05) is 28.6 Å². The average Bonchev–Trinajstić information content (AvgIpc) is 2.95. The average molecular weight is 353 g/mol. The quantitative estimate of drug-likeness (QED) is 0.644. The minimum Gasteiger partial charge on any atom is -0.365 e. The lowest BCUT2D eigenvalue weighted by atomic mass is 10.1. The van der Waals surface area contributed by atoms with Gasteiger partial charge in [-0.25, -0.2) is 8.78 Å². The van der Waals surface area contributed by atoms with Gasteiger partial charge in [-0.1, -0.05) is 12.2 Å². The molecule has 0 saturated carbocycles. The fraction of sp³-hybridized carbons (Fsp3) is 0.150. The molecule has 2 aromatic rings. The molecule has 4 nitrogen and oxygen atoms in total. The predicted molar refractivity (Wildman–Crippen MR) is 99.0 cm³/mol. The monoisotopic (exact) mass is 353 g/mol. The number of rotatable bonds is 3. The molecule has 26 heavy (non-hydrogen) atoms. The second kappa shape index (κ2) is 6.63. The Balaban J connectivity index is 1.55. The molecule has 0 radical (unpaired) electrons. The van der Waals surface area contributed by atoms with Crippen LogP contribution in [0.4, 0.5) is 25.8 Å². The Bertz CT molecular complexity index is 937. The van der Waals surface area contributed by atoms with Crippen LogP contribution in [0.1, 0.15) is 12.0 Å². The van der Waals surface area contributed by atoms with Gasteiger partial charge in [0.25, 0.3) is 5.91 Å². The van der Waals surface area contributed by atoms with Crippen LogP contribution < -0.4 is 15.5 Å². The number of nitrogens with zero attached hydrogens (tertiary/aromatic N) is 1. The molecule has 0 unspecified atom stereocenters. The van der Waals surface area contributed by atoms with Crippen LogP contribution in [0.25, 0.3) is 5.57 Å². The smallest absolute Gasteiger partial charge is 0.257 e. The fourth-order valence-electron chi connectivity index (χ4n) is 3.18. The Morgan fingerprint density at radius 3 is 2.77 bits per heavy atom. The number of hydrogen-bond donors (Lipinski definition) is 2. The van der Waals surface area contributed by atoms with Crippen LogP contribution in [-0.2, 0) is 4.79 Å². The molecular formula is C20H17F2N3O. The fourth-order valence-corrected chi connectivity index (χ4v) is 3.18. The van der Waals surface area contributed by atoms with Crippen LogP contribution in [-0.4, -0.2) is 19.0 Å². The molecule has 0 saturated heterocycles. The van der Waals surface area contributed by atoms with E-state index < -0.39 is 5.82 Å². The highest BCUT2D eigenvalue weighted by molar-refractivity contribution is 6.31. The van der Waals surface area contributed by atoms with Crippen molar-refractivity contribution in [2.45, 2.75) is 6.42 Å². The molecule has 4 rings (SSSR count). The molecule has 2 aromatic carbocycles. The molecule has 0 atom stereocenters. The van der Waals surface area contributed by atoms with Crippen molar-refractivity contribution in [3.05, 3.63) is 71.9 Å². The molecule has 2 aliphatic rings. The molecule has 2 N–H and O–H groups in total. The Hall–Kier alpha value is -3.15. The van der Waals surface area contributed by atoms with E-state index in [0.717, 1.165) is 13.0 Å². The lowest BCUT2D eigenvalue weighted by molar-refractivity contribution is -0.110. The van der Waals surface area contributed by atoms with E-state index in [1.54, 1.807) is 18.2 Å². The van der Waals surface area contributed by atoms with E-state index in [2.05, 4.69) is 16.7 Å². The molecule has 0 spiro atoms. The van der Waals surface area contributed by atoms with Gasteiger partial charge in [0.2, 0.25) is 0 Å². The summed E-state index contributed by atoms with van der Waals surface area (Å²) in [5.41, 5.74) is 2.52. The van der Waals surface area contributed by atoms with E-state index in [4.69, 9.17) is 0 Å². The molecule has 1 amide bonds. The summed E-state index contributed by atoms with van der Waals surface area (Å²) in [5.74, 6) is -1.05. The maximum atomic E-state index is 14.4. The normalized spacial score (nSPS) is 17.4. The van der Waals surface area contributed by atoms with Crippen molar-refractivity contribution in [3.63, 3.8) is 0 Å². The SMILES string of the molecule is O=C1Nc2cc(F)ccc2C1=CNc1ccc(N2CC=CCC2)c(F)c1. The molecule has 0 aromatic heterocycles. The lowest BCUT2D eigenvalue weighted by Gasteiger charge is -2.26. The Kier molecular flexibility index (Phi) is 4.16. The van der Waals surface area contributed by atoms with Crippen LogP contribution in [0.5, 0.6) is 0 Å². The molecule has 2 heterocycles.